The van der Waals surface area contributed by atoms with Crippen LogP contribution in [0.5, 0.6) is 0 Å². The highest BCUT2D eigenvalue weighted by atomic mass is 16.5. The second-order valence-electron chi connectivity index (χ2n) is 1.95. The minimum Gasteiger partial charge on any atom is -0.383 e. The summed E-state index contributed by atoms with van der Waals surface area (Å²) in [7, 11) is 3.64. The molecule has 0 N–H and O–H groups in total. The molecule has 0 aromatic carbocycles. The number of rotatable bonds is 5. The zero-order chi connectivity index (χ0) is 7.82. The van der Waals surface area contributed by atoms with E-state index in [1.54, 1.807) is 13.3 Å². The Hall–Kier alpha value is -0.830. The van der Waals surface area contributed by atoms with Gasteiger partial charge in [0, 0.05) is 33.1 Å². The second kappa shape index (κ2) is 6.29. The van der Waals surface area contributed by atoms with Gasteiger partial charge in [-0.05, 0) is 6.72 Å². The van der Waals surface area contributed by atoms with Crippen LogP contribution in [0.3, 0.4) is 0 Å². The Balaban J connectivity index is 3.32. The van der Waals surface area contributed by atoms with Crippen molar-refractivity contribution in [2.45, 2.75) is 0 Å². The van der Waals surface area contributed by atoms with Gasteiger partial charge in [0.05, 0.1) is 6.61 Å². The maximum atomic E-state index is 4.87. The minimum absolute atomic E-state index is 0.734. The summed E-state index contributed by atoms with van der Waals surface area (Å²) >= 11 is 0. The highest BCUT2D eigenvalue weighted by Gasteiger charge is 1.86. The molecule has 0 aliphatic carbocycles. The molecule has 0 aliphatic heterocycles. The van der Waals surface area contributed by atoms with Gasteiger partial charge in [-0.1, -0.05) is 0 Å². The van der Waals surface area contributed by atoms with Crippen LogP contribution in [0.4, 0.5) is 0 Å². The maximum absolute atomic E-state index is 4.87. The molecule has 0 aliphatic rings. The molecule has 0 fully saturated rings. The zero-order valence-corrected chi connectivity index (χ0v) is 6.58. The summed E-state index contributed by atoms with van der Waals surface area (Å²) in [6.07, 6.45) is 3.50. The van der Waals surface area contributed by atoms with Crippen LogP contribution in [-0.4, -0.2) is 38.9 Å². The predicted octanol–water partition coefficient (Wildman–Crippen LogP) is 0.736. The van der Waals surface area contributed by atoms with E-state index in [9.17, 15) is 0 Å². The lowest BCUT2D eigenvalue weighted by Gasteiger charge is -2.11. The lowest BCUT2D eigenvalue weighted by molar-refractivity contribution is 0.177. The van der Waals surface area contributed by atoms with Gasteiger partial charge < -0.3 is 9.64 Å². The molecule has 0 atom stereocenters. The highest BCUT2D eigenvalue weighted by Crippen LogP contribution is 1.83. The third-order valence-electron chi connectivity index (χ3n) is 1.07. The maximum Gasteiger partial charge on any atom is 0.0637 e. The summed E-state index contributed by atoms with van der Waals surface area (Å²) in [4.78, 5) is 5.56. The van der Waals surface area contributed by atoms with Crippen LogP contribution in [-0.2, 0) is 4.74 Å². The number of methoxy groups -OCH3 is 1. The average Bonchev–Trinajstić information content (AvgIpc) is 1.97. The molecule has 0 aromatic rings. The van der Waals surface area contributed by atoms with E-state index in [-0.39, 0.29) is 0 Å². The van der Waals surface area contributed by atoms with Crippen molar-refractivity contribution in [3.63, 3.8) is 0 Å². The third kappa shape index (κ3) is 5.31. The fraction of sp³-hybridized carbons (Fsp3) is 0.571. The van der Waals surface area contributed by atoms with E-state index >= 15 is 0 Å². The van der Waals surface area contributed by atoms with Crippen molar-refractivity contribution in [2.24, 2.45) is 4.99 Å². The first-order chi connectivity index (χ1) is 4.81. The fourth-order valence-electron chi connectivity index (χ4n) is 0.471. The predicted molar refractivity (Wildman–Crippen MR) is 43.2 cm³/mol. The molecule has 0 aromatic heterocycles. The lowest BCUT2D eigenvalue weighted by Crippen LogP contribution is -2.16. The van der Waals surface area contributed by atoms with Gasteiger partial charge in [-0.15, -0.1) is 0 Å². The van der Waals surface area contributed by atoms with Crippen LogP contribution in [0.2, 0.25) is 0 Å². The first kappa shape index (κ1) is 9.17. The van der Waals surface area contributed by atoms with E-state index in [2.05, 4.69) is 11.7 Å². The van der Waals surface area contributed by atoms with Crippen LogP contribution < -0.4 is 0 Å². The van der Waals surface area contributed by atoms with Gasteiger partial charge in [0.1, 0.15) is 0 Å². The molecule has 10 heavy (non-hydrogen) atoms. The van der Waals surface area contributed by atoms with E-state index < -0.39 is 0 Å². The first-order valence-corrected chi connectivity index (χ1v) is 3.13. The van der Waals surface area contributed by atoms with Gasteiger partial charge >= 0.3 is 0 Å². The second-order valence-corrected chi connectivity index (χ2v) is 1.95. The van der Waals surface area contributed by atoms with Gasteiger partial charge in [0.25, 0.3) is 0 Å². The fourth-order valence-corrected chi connectivity index (χ4v) is 0.471. The van der Waals surface area contributed by atoms with Crippen molar-refractivity contribution >= 4 is 6.72 Å². The molecule has 0 heterocycles. The minimum atomic E-state index is 0.734. The first-order valence-electron chi connectivity index (χ1n) is 3.13. The number of hydrogen-bond acceptors (Lipinski definition) is 3. The molecule has 3 heteroatoms. The SMILES string of the molecule is C=N/C=C\N(C)CCOC. The summed E-state index contributed by atoms with van der Waals surface area (Å²) in [6, 6.07) is 0. The van der Waals surface area contributed by atoms with Crippen LogP contribution in [0.15, 0.2) is 17.4 Å². The van der Waals surface area contributed by atoms with Crippen LogP contribution >= 0.6 is 0 Å². The van der Waals surface area contributed by atoms with Gasteiger partial charge in [-0.2, -0.15) is 0 Å². The van der Waals surface area contributed by atoms with Crippen LogP contribution in [0.25, 0.3) is 0 Å². The number of nitrogens with zero attached hydrogens (tertiary/aromatic N) is 2. The van der Waals surface area contributed by atoms with E-state index in [0.717, 1.165) is 13.2 Å². The number of aliphatic imine (C=N–C) groups is 1. The molecule has 0 rings (SSSR count). The molecule has 0 amide bonds. The number of likely N-dealkylation sites (N-methyl/N-ethyl adjacent to an activating group) is 1. The Morgan fingerprint density at radius 2 is 2.40 bits per heavy atom. The molecule has 0 saturated heterocycles. The Morgan fingerprint density at radius 3 is 2.90 bits per heavy atom. The lowest BCUT2D eigenvalue weighted by atomic mass is 10.6. The zero-order valence-electron chi connectivity index (χ0n) is 6.58. The van der Waals surface area contributed by atoms with Crippen molar-refractivity contribution < 1.29 is 4.74 Å². The Bertz CT molecular complexity index is 112. The quantitative estimate of drug-likeness (QED) is 0.529. The third-order valence-corrected chi connectivity index (χ3v) is 1.07. The highest BCUT2D eigenvalue weighted by molar-refractivity contribution is 5.25. The van der Waals surface area contributed by atoms with E-state index in [1.807, 2.05) is 18.1 Å². The van der Waals surface area contributed by atoms with Gasteiger partial charge in [0.2, 0.25) is 0 Å². The molecule has 0 spiro atoms. The summed E-state index contributed by atoms with van der Waals surface area (Å²) in [5.74, 6) is 0. The molecule has 0 unspecified atom stereocenters. The average molecular weight is 142 g/mol. The van der Waals surface area contributed by atoms with E-state index in [0.29, 0.717) is 0 Å². The Morgan fingerprint density at radius 1 is 1.70 bits per heavy atom. The Labute approximate surface area is 62.0 Å². The van der Waals surface area contributed by atoms with Crippen LogP contribution in [0, 0.1) is 0 Å². The normalized spacial score (nSPS) is 10.2. The molecule has 58 valence electrons. The van der Waals surface area contributed by atoms with E-state index in [4.69, 9.17) is 4.74 Å². The standard InChI is InChI=1S/C7H14N2O/c1-8-4-5-9(2)6-7-10-3/h4-5H,1,6-7H2,2-3H3/b5-4-. The topological polar surface area (TPSA) is 24.8 Å². The molecule has 3 nitrogen and oxygen atoms in total. The number of hydrogen-bond donors (Lipinski definition) is 0. The molecular weight excluding hydrogens is 128 g/mol. The van der Waals surface area contributed by atoms with Crippen molar-refractivity contribution in [3.8, 4) is 0 Å². The molecule has 0 saturated carbocycles. The molecule has 0 radical (unpaired) electrons. The Kier molecular flexibility index (Phi) is 5.77. The largest absolute Gasteiger partial charge is 0.383 e. The van der Waals surface area contributed by atoms with Crippen molar-refractivity contribution in [1.82, 2.24) is 4.90 Å². The van der Waals surface area contributed by atoms with E-state index in [1.165, 1.54) is 0 Å². The summed E-state index contributed by atoms with van der Waals surface area (Å²) < 4.78 is 4.87. The summed E-state index contributed by atoms with van der Waals surface area (Å²) in [5, 5.41) is 0. The molecule has 0 bridgehead atoms. The van der Waals surface area contributed by atoms with Crippen molar-refractivity contribution in [3.05, 3.63) is 12.4 Å². The summed E-state index contributed by atoms with van der Waals surface area (Å²) in [6.45, 7) is 4.93. The molecular formula is C7H14N2O. The van der Waals surface area contributed by atoms with Crippen molar-refractivity contribution in [1.29, 1.82) is 0 Å². The van der Waals surface area contributed by atoms with Gasteiger partial charge in [0.15, 0.2) is 0 Å². The smallest absolute Gasteiger partial charge is 0.0637 e. The number of ether oxygens (including phenoxy) is 1. The van der Waals surface area contributed by atoms with Crippen LogP contribution in [0.1, 0.15) is 0 Å². The van der Waals surface area contributed by atoms with Gasteiger partial charge in [-0.3, -0.25) is 4.99 Å². The monoisotopic (exact) mass is 142 g/mol. The van der Waals surface area contributed by atoms with Crippen molar-refractivity contribution in [2.75, 3.05) is 27.3 Å². The van der Waals surface area contributed by atoms with Gasteiger partial charge in [-0.25, -0.2) is 0 Å². The summed E-state index contributed by atoms with van der Waals surface area (Å²) in [5.41, 5.74) is 0.